The topological polar surface area (TPSA) is 62.1 Å². The minimum atomic E-state index is 0.203. The average Bonchev–Trinajstić information content (AvgIpc) is 2.79. The zero-order valence-electron chi connectivity index (χ0n) is 18.0. The summed E-state index contributed by atoms with van der Waals surface area (Å²) in [6.45, 7) is 8.35. The Bertz CT molecular complexity index is 1000. The summed E-state index contributed by atoms with van der Waals surface area (Å²) in [6, 6.07) is 16.9. The summed E-state index contributed by atoms with van der Waals surface area (Å²) in [5.74, 6) is 1.40. The number of aliphatic hydroxyl groups is 1. The highest BCUT2D eigenvalue weighted by atomic mass is 16.3. The van der Waals surface area contributed by atoms with Crippen LogP contribution in [0.15, 0.2) is 48.5 Å². The van der Waals surface area contributed by atoms with Crippen LogP contribution in [0.1, 0.15) is 43.7 Å². The second kappa shape index (κ2) is 8.92. The third-order valence-corrected chi connectivity index (χ3v) is 5.88. The first-order chi connectivity index (χ1) is 14.5. The molecule has 0 bridgehead atoms. The van der Waals surface area contributed by atoms with E-state index in [9.17, 15) is 5.11 Å². The molecule has 1 unspecified atom stereocenters. The standard InChI is InChI=1S/C25H30N4O/c1-17(2)20-9-11-21(12-10-20)23-24(22-8-4-6-18(3)14-22)27-28-25(26-23)29-13-5-7-19(15-29)16-30/h4,6,8-12,14,17,19,30H,5,7,13,15-16H2,1-3H3. The van der Waals surface area contributed by atoms with Crippen molar-refractivity contribution in [2.24, 2.45) is 5.92 Å². The van der Waals surface area contributed by atoms with Gasteiger partial charge in [-0.2, -0.15) is 0 Å². The van der Waals surface area contributed by atoms with E-state index in [1.165, 1.54) is 11.1 Å². The van der Waals surface area contributed by atoms with Gasteiger partial charge in [0.15, 0.2) is 0 Å². The summed E-state index contributed by atoms with van der Waals surface area (Å²) >= 11 is 0. The molecule has 30 heavy (non-hydrogen) atoms. The lowest BCUT2D eigenvalue weighted by Gasteiger charge is -2.31. The molecule has 1 atom stereocenters. The summed E-state index contributed by atoms with van der Waals surface area (Å²) in [5, 5.41) is 18.7. The lowest BCUT2D eigenvalue weighted by molar-refractivity contribution is 0.208. The van der Waals surface area contributed by atoms with E-state index >= 15 is 0 Å². The van der Waals surface area contributed by atoms with Crippen LogP contribution in [0.25, 0.3) is 22.5 Å². The van der Waals surface area contributed by atoms with Gasteiger partial charge in [-0.1, -0.05) is 61.9 Å². The van der Waals surface area contributed by atoms with Crippen molar-refractivity contribution in [1.82, 2.24) is 15.2 Å². The molecule has 1 aliphatic heterocycles. The summed E-state index contributed by atoms with van der Waals surface area (Å²) in [4.78, 5) is 7.14. The number of anilines is 1. The smallest absolute Gasteiger partial charge is 0.245 e. The van der Waals surface area contributed by atoms with Crippen LogP contribution in [0.4, 0.5) is 5.95 Å². The van der Waals surface area contributed by atoms with Gasteiger partial charge in [-0.3, -0.25) is 0 Å². The van der Waals surface area contributed by atoms with Gasteiger partial charge in [-0.05, 0) is 43.2 Å². The minimum absolute atomic E-state index is 0.203. The molecule has 1 fully saturated rings. The van der Waals surface area contributed by atoms with Gasteiger partial charge in [-0.15, -0.1) is 10.2 Å². The number of aliphatic hydroxyl groups excluding tert-OH is 1. The molecule has 1 aromatic heterocycles. The number of rotatable bonds is 5. The van der Waals surface area contributed by atoms with Gasteiger partial charge >= 0.3 is 0 Å². The first-order valence-electron chi connectivity index (χ1n) is 10.8. The first kappa shape index (κ1) is 20.5. The van der Waals surface area contributed by atoms with E-state index in [1.807, 2.05) is 6.07 Å². The highest BCUT2D eigenvalue weighted by molar-refractivity contribution is 5.78. The Labute approximate surface area is 178 Å². The number of aromatic nitrogens is 3. The SMILES string of the molecule is Cc1cccc(-c2nnc(N3CCCC(CO)C3)nc2-c2ccc(C(C)C)cc2)c1. The molecule has 0 saturated carbocycles. The van der Waals surface area contributed by atoms with E-state index in [-0.39, 0.29) is 12.5 Å². The molecule has 2 heterocycles. The van der Waals surface area contributed by atoms with Crippen molar-refractivity contribution in [3.8, 4) is 22.5 Å². The number of aryl methyl sites for hydroxylation is 1. The number of piperidine rings is 1. The third-order valence-electron chi connectivity index (χ3n) is 5.88. The predicted octanol–water partition coefficient (Wildman–Crippen LogP) is 4.85. The summed E-state index contributed by atoms with van der Waals surface area (Å²) < 4.78 is 0. The Morgan fingerprint density at radius 3 is 2.53 bits per heavy atom. The average molecular weight is 403 g/mol. The van der Waals surface area contributed by atoms with Crippen molar-refractivity contribution in [3.63, 3.8) is 0 Å². The largest absolute Gasteiger partial charge is 0.396 e. The van der Waals surface area contributed by atoms with Crippen LogP contribution in [0, 0.1) is 12.8 Å². The maximum atomic E-state index is 9.59. The molecule has 5 nitrogen and oxygen atoms in total. The van der Waals surface area contributed by atoms with E-state index < -0.39 is 0 Å². The number of benzene rings is 2. The highest BCUT2D eigenvalue weighted by Gasteiger charge is 2.23. The van der Waals surface area contributed by atoms with Gasteiger partial charge in [0.25, 0.3) is 0 Å². The van der Waals surface area contributed by atoms with E-state index in [2.05, 4.69) is 78.3 Å². The fourth-order valence-electron chi connectivity index (χ4n) is 4.06. The monoisotopic (exact) mass is 402 g/mol. The molecule has 0 spiro atoms. The van der Waals surface area contributed by atoms with Gasteiger partial charge in [0, 0.05) is 30.8 Å². The molecule has 0 amide bonds. The first-order valence-corrected chi connectivity index (χ1v) is 10.8. The molecule has 1 aliphatic rings. The van der Waals surface area contributed by atoms with E-state index in [0.29, 0.717) is 11.9 Å². The second-order valence-electron chi connectivity index (χ2n) is 8.59. The lowest BCUT2D eigenvalue weighted by Crippen LogP contribution is -2.38. The fourth-order valence-corrected chi connectivity index (χ4v) is 4.06. The summed E-state index contributed by atoms with van der Waals surface area (Å²) in [7, 11) is 0. The normalized spacial score (nSPS) is 16.8. The lowest BCUT2D eigenvalue weighted by atomic mass is 9.98. The Morgan fingerprint density at radius 2 is 1.83 bits per heavy atom. The van der Waals surface area contributed by atoms with Crippen molar-refractivity contribution < 1.29 is 5.11 Å². The summed E-state index contributed by atoms with van der Waals surface area (Å²) in [5.41, 5.74) is 6.21. The molecule has 0 aliphatic carbocycles. The van der Waals surface area contributed by atoms with Crippen LogP contribution in [-0.4, -0.2) is 40.0 Å². The third kappa shape index (κ3) is 4.36. The zero-order chi connectivity index (χ0) is 21.1. The van der Waals surface area contributed by atoms with Gasteiger partial charge in [0.2, 0.25) is 5.95 Å². The molecule has 3 aromatic rings. The Morgan fingerprint density at radius 1 is 1.03 bits per heavy atom. The molecule has 4 rings (SSSR count). The molecule has 1 N–H and O–H groups in total. The zero-order valence-corrected chi connectivity index (χ0v) is 18.0. The van der Waals surface area contributed by atoms with Crippen LogP contribution in [0.5, 0.6) is 0 Å². The summed E-state index contributed by atoms with van der Waals surface area (Å²) in [6.07, 6.45) is 2.08. The van der Waals surface area contributed by atoms with Crippen molar-refractivity contribution in [1.29, 1.82) is 0 Å². The quantitative estimate of drug-likeness (QED) is 0.661. The van der Waals surface area contributed by atoms with E-state index in [1.54, 1.807) is 0 Å². The van der Waals surface area contributed by atoms with Gasteiger partial charge < -0.3 is 10.0 Å². The fraction of sp³-hybridized carbons (Fsp3) is 0.400. The molecule has 5 heteroatoms. The van der Waals surface area contributed by atoms with Crippen LogP contribution in [0.2, 0.25) is 0 Å². The Kier molecular flexibility index (Phi) is 6.09. The van der Waals surface area contributed by atoms with Gasteiger partial charge in [-0.25, -0.2) is 4.98 Å². The number of hydrogen-bond donors (Lipinski definition) is 1. The van der Waals surface area contributed by atoms with Crippen LogP contribution >= 0.6 is 0 Å². The molecular weight excluding hydrogens is 372 g/mol. The molecular formula is C25H30N4O. The van der Waals surface area contributed by atoms with Crippen LogP contribution in [-0.2, 0) is 0 Å². The van der Waals surface area contributed by atoms with Crippen molar-refractivity contribution in [3.05, 3.63) is 59.7 Å². The maximum Gasteiger partial charge on any atom is 0.245 e. The van der Waals surface area contributed by atoms with Gasteiger partial charge in [0.1, 0.15) is 11.4 Å². The molecule has 156 valence electrons. The van der Waals surface area contributed by atoms with Crippen molar-refractivity contribution >= 4 is 5.95 Å². The number of hydrogen-bond acceptors (Lipinski definition) is 5. The number of nitrogens with zero attached hydrogens (tertiary/aromatic N) is 4. The van der Waals surface area contributed by atoms with Crippen molar-refractivity contribution in [2.45, 2.75) is 39.5 Å². The predicted molar refractivity (Wildman–Crippen MR) is 122 cm³/mol. The van der Waals surface area contributed by atoms with Gasteiger partial charge in [0.05, 0.1) is 0 Å². The van der Waals surface area contributed by atoms with Crippen LogP contribution in [0.3, 0.4) is 0 Å². The molecule has 0 radical (unpaired) electrons. The Hall–Kier alpha value is -2.79. The second-order valence-corrected chi connectivity index (χ2v) is 8.59. The molecule has 1 saturated heterocycles. The minimum Gasteiger partial charge on any atom is -0.396 e. The molecule has 2 aromatic carbocycles. The van der Waals surface area contributed by atoms with Crippen LogP contribution < -0.4 is 4.90 Å². The highest BCUT2D eigenvalue weighted by Crippen LogP contribution is 2.32. The maximum absolute atomic E-state index is 9.59. The Balaban J connectivity index is 1.78. The van der Waals surface area contributed by atoms with Crippen molar-refractivity contribution in [2.75, 3.05) is 24.6 Å². The van der Waals surface area contributed by atoms with E-state index in [0.717, 1.165) is 48.4 Å². The van der Waals surface area contributed by atoms with E-state index in [4.69, 9.17) is 4.98 Å².